The highest BCUT2D eigenvalue weighted by Crippen LogP contribution is 2.26. The van der Waals surface area contributed by atoms with Crippen molar-refractivity contribution < 1.29 is 17.9 Å². The maximum Gasteiger partial charge on any atom is 0.243 e. The summed E-state index contributed by atoms with van der Waals surface area (Å²) in [5.74, 6) is -0.907. The molecular formula is C12H18BrFN2O3S. The molecule has 8 heteroatoms. The monoisotopic (exact) mass is 368 g/mol. The summed E-state index contributed by atoms with van der Waals surface area (Å²) in [5, 5.41) is 10.1. The van der Waals surface area contributed by atoms with E-state index in [0.717, 1.165) is 12.1 Å². The second kappa shape index (κ2) is 6.38. The van der Waals surface area contributed by atoms with Crippen molar-refractivity contribution in [1.29, 1.82) is 0 Å². The van der Waals surface area contributed by atoms with Crippen LogP contribution in [0.3, 0.4) is 0 Å². The van der Waals surface area contributed by atoms with Gasteiger partial charge in [0.2, 0.25) is 10.0 Å². The predicted octanol–water partition coefficient (Wildman–Crippen LogP) is 2.00. The van der Waals surface area contributed by atoms with Gasteiger partial charge in [-0.2, -0.15) is 0 Å². The fourth-order valence-electron chi connectivity index (χ4n) is 1.56. The molecule has 0 saturated heterocycles. The highest BCUT2D eigenvalue weighted by atomic mass is 79.9. The van der Waals surface area contributed by atoms with Crippen molar-refractivity contribution in [2.24, 2.45) is 0 Å². The van der Waals surface area contributed by atoms with Gasteiger partial charge in [0, 0.05) is 16.7 Å². The summed E-state index contributed by atoms with van der Waals surface area (Å²) >= 11 is 3.02. The van der Waals surface area contributed by atoms with E-state index in [4.69, 9.17) is 5.73 Å². The summed E-state index contributed by atoms with van der Waals surface area (Å²) in [7, 11) is -4.07. The van der Waals surface area contributed by atoms with E-state index in [-0.39, 0.29) is 16.7 Å². The summed E-state index contributed by atoms with van der Waals surface area (Å²) in [6.45, 7) is 3.31. The Kier molecular flexibility index (Phi) is 5.54. The Hall–Kier alpha value is -0.700. The summed E-state index contributed by atoms with van der Waals surface area (Å²) in [6, 6.07) is 2.04. The number of nitrogens with two attached hydrogens (primary N) is 1. The van der Waals surface area contributed by atoms with Gasteiger partial charge in [0.15, 0.2) is 0 Å². The Morgan fingerprint density at radius 2 is 1.95 bits per heavy atom. The van der Waals surface area contributed by atoms with E-state index < -0.39 is 26.3 Å². The minimum absolute atomic E-state index is 0.119. The number of aliphatic hydroxyl groups is 1. The number of halogens is 2. The van der Waals surface area contributed by atoms with Gasteiger partial charge in [-0.3, -0.25) is 0 Å². The highest BCUT2D eigenvalue weighted by molar-refractivity contribution is 9.10. The molecule has 0 radical (unpaired) electrons. The first kappa shape index (κ1) is 17.4. The van der Waals surface area contributed by atoms with E-state index in [9.17, 15) is 17.9 Å². The third-order valence-corrected chi connectivity index (χ3v) is 5.35. The van der Waals surface area contributed by atoms with E-state index >= 15 is 0 Å². The predicted molar refractivity (Wildman–Crippen MR) is 79.2 cm³/mol. The molecule has 20 heavy (non-hydrogen) atoms. The Morgan fingerprint density at radius 3 is 2.45 bits per heavy atom. The van der Waals surface area contributed by atoms with Gasteiger partial charge in [0.25, 0.3) is 0 Å². The molecule has 0 bridgehead atoms. The summed E-state index contributed by atoms with van der Waals surface area (Å²) < 4.78 is 40.4. The number of benzene rings is 1. The Balaban J connectivity index is 3.04. The van der Waals surface area contributed by atoms with Gasteiger partial charge in [0.1, 0.15) is 10.7 Å². The van der Waals surface area contributed by atoms with Gasteiger partial charge in [-0.15, -0.1) is 0 Å². The van der Waals surface area contributed by atoms with Gasteiger partial charge in [0.05, 0.1) is 5.60 Å². The van der Waals surface area contributed by atoms with Crippen molar-refractivity contribution in [1.82, 2.24) is 4.72 Å². The van der Waals surface area contributed by atoms with Crippen LogP contribution < -0.4 is 10.5 Å². The molecule has 1 aromatic carbocycles. The topological polar surface area (TPSA) is 92.4 Å². The zero-order chi connectivity index (χ0) is 15.6. The Morgan fingerprint density at radius 1 is 1.40 bits per heavy atom. The maximum absolute atomic E-state index is 13.7. The second-order valence-corrected chi connectivity index (χ2v) is 7.15. The van der Waals surface area contributed by atoms with Crippen molar-refractivity contribution in [3.8, 4) is 0 Å². The number of nitrogen functional groups attached to an aromatic ring is 1. The minimum atomic E-state index is -4.07. The summed E-state index contributed by atoms with van der Waals surface area (Å²) in [6.07, 6.45) is 0.772. The first-order valence-electron chi connectivity index (χ1n) is 6.11. The van der Waals surface area contributed by atoms with Gasteiger partial charge < -0.3 is 10.8 Å². The van der Waals surface area contributed by atoms with Crippen molar-refractivity contribution in [2.45, 2.75) is 37.2 Å². The molecule has 114 valence electrons. The molecule has 0 aliphatic carbocycles. The third-order valence-electron chi connectivity index (χ3n) is 3.25. The number of hydrogen-bond donors (Lipinski definition) is 3. The molecule has 0 aromatic heterocycles. The normalized spacial score (nSPS) is 12.7. The molecule has 0 atom stereocenters. The summed E-state index contributed by atoms with van der Waals surface area (Å²) in [4.78, 5) is -0.534. The first-order chi connectivity index (χ1) is 9.15. The first-order valence-corrected chi connectivity index (χ1v) is 8.39. The lowest BCUT2D eigenvalue weighted by molar-refractivity contribution is 0.0377. The molecular weight excluding hydrogens is 351 g/mol. The van der Waals surface area contributed by atoms with Crippen LogP contribution in [0, 0.1) is 5.82 Å². The van der Waals surface area contributed by atoms with Gasteiger partial charge >= 0.3 is 0 Å². The van der Waals surface area contributed by atoms with Gasteiger partial charge in [-0.05, 0) is 40.9 Å². The SMILES string of the molecule is CCC(O)(CC)CNS(=O)(=O)c1cc(N)c(Br)cc1F. The molecule has 0 unspecified atom stereocenters. The van der Waals surface area contributed by atoms with Crippen LogP contribution in [0.1, 0.15) is 26.7 Å². The van der Waals surface area contributed by atoms with Crippen LogP contribution in [0.25, 0.3) is 0 Å². The third kappa shape index (κ3) is 3.91. The lowest BCUT2D eigenvalue weighted by atomic mass is 9.98. The fraction of sp³-hybridized carbons (Fsp3) is 0.500. The quantitative estimate of drug-likeness (QED) is 0.669. The largest absolute Gasteiger partial charge is 0.398 e. The van der Waals surface area contributed by atoms with E-state index in [1.165, 1.54) is 0 Å². The van der Waals surface area contributed by atoms with Crippen LogP contribution in [0.15, 0.2) is 21.5 Å². The Bertz CT molecular complexity index is 589. The zero-order valence-electron chi connectivity index (χ0n) is 11.3. The van der Waals surface area contributed by atoms with Crippen LogP contribution in [0.2, 0.25) is 0 Å². The van der Waals surface area contributed by atoms with E-state index in [2.05, 4.69) is 20.7 Å². The average Bonchev–Trinajstić information content (AvgIpc) is 2.40. The van der Waals surface area contributed by atoms with Crippen LogP contribution in [0.5, 0.6) is 0 Å². The van der Waals surface area contributed by atoms with Crippen LogP contribution >= 0.6 is 15.9 Å². The highest BCUT2D eigenvalue weighted by Gasteiger charge is 2.27. The van der Waals surface area contributed by atoms with Crippen LogP contribution in [-0.2, 0) is 10.0 Å². The van der Waals surface area contributed by atoms with E-state index in [0.29, 0.717) is 12.8 Å². The lowest BCUT2D eigenvalue weighted by Crippen LogP contribution is -2.42. The molecule has 0 heterocycles. The molecule has 0 spiro atoms. The standard InChI is InChI=1S/C12H18BrFN2O3S/c1-3-12(17,4-2)7-16-20(18,19)11-6-10(15)8(13)5-9(11)14/h5-6,16-17H,3-4,7,15H2,1-2H3. The zero-order valence-corrected chi connectivity index (χ0v) is 13.7. The second-order valence-electron chi connectivity index (χ2n) is 4.56. The number of hydrogen-bond acceptors (Lipinski definition) is 4. The number of nitrogens with one attached hydrogen (secondary N) is 1. The average molecular weight is 369 g/mol. The van der Waals surface area contributed by atoms with Crippen molar-refractivity contribution in [3.05, 3.63) is 22.4 Å². The maximum atomic E-state index is 13.7. The van der Waals surface area contributed by atoms with Crippen molar-refractivity contribution >= 4 is 31.6 Å². The van der Waals surface area contributed by atoms with Crippen LogP contribution in [0.4, 0.5) is 10.1 Å². The van der Waals surface area contributed by atoms with E-state index in [1.807, 2.05) is 0 Å². The number of anilines is 1. The van der Waals surface area contributed by atoms with Crippen molar-refractivity contribution in [3.63, 3.8) is 0 Å². The molecule has 0 aliphatic heterocycles. The van der Waals surface area contributed by atoms with Gasteiger partial charge in [-0.1, -0.05) is 13.8 Å². The van der Waals surface area contributed by atoms with Gasteiger partial charge in [-0.25, -0.2) is 17.5 Å². The van der Waals surface area contributed by atoms with Crippen LogP contribution in [-0.4, -0.2) is 25.7 Å². The molecule has 1 rings (SSSR count). The number of sulfonamides is 1. The lowest BCUT2D eigenvalue weighted by Gasteiger charge is -2.25. The molecule has 1 aromatic rings. The van der Waals surface area contributed by atoms with Crippen molar-refractivity contribution in [2.75, 3.05) is 12.3 Å². The fourth-order valence-corrected chi connectivity index (χ4v) is 3.09. The summed E-state index contributed by atoms with van der Waals surface area (Å²) in [5.41, 5.74) is 4.54. The molecule has 4 N–H and O–H groups in total. The molecule has 0 amide bonds. The molecule has 0 fully saturated rings. The molecule has 0 saturated carbocycles. The van der Waals surface area contributed by atoms with E-state index in [1.54, 1.807) is 13.8 Å². The molecule has 0 aliphatic rings. The smallest absolute Gasteiger partial charge is 0.243 e. The number of rotatable bonds is 6. The minimum Gasteiger partial charge on any atom is -0.398 e. The molecule has 5 nitrogen and oxygen atoms in total. The Labute approximate surface area is 126 Å².